The maximum absolute atomic E-state index is 12.5. The van der Waals surface area contributed by atoms with Gasteiger partial charge in [0.15, 0.2) is 0 Å². The van der Waals surface area contributed by atoms with Crippen LogP contribution in [0.4, 0.5) is 0 Å². The quantitative estimate of drug-likeness (QED) is 0.843. The molecular formula is C14H15BrN2O2S. The van der Waals surface area contributed by atoms with Gasteiger partial charge in [-0.05, 0) is 41.1 Å². The molecule has 0 atom stereocenters. The van der Waals surface area contributed by atoms with Gasteiger partial charge in [-0.3, -0.25) is 4.79 Å². The molecule has 1 aromatic heterocycles. The van der Waals surface area contributed by atoms with Crippen molar-refractivity contribution in [1.82, 2.24) is 9.88 Å². The Hall–Kier alpha value is -1.40. The SMILES string of the molecule is COc1ccc(Br)c(C(=O)N(C)Cc2cnc(C)s2)c1. The summed E-state index contributed by atoms with van der Waals surface area (Å²) < 4.78 is 5.92. The second kappa shape index (κ2) is 6.37. The van der Waals surface area contributed by atoms with Gasteiger partial charge in [0.2, 0.25) is 0 Å². The molecule has 20 heavy (non-hydrogen) atoms. The van der Waals surface area contributed by atoms with E-state index in [-0.39, 0.29) is 5.91 Å². The lowest BCUT2D eigenvalue weighted by Gasteiger charge is -2.17. The van der Waals surface area contributed by atoms with Crippen LogP contribution in [0.5, 0.6) is 5.75 Å². The van der Waals surface area contributed by atoms with Crippen molar-refractivity contribution in [2.75, 3.05) is 14.2 Å². The molecule has 0 saturated carbocycles. The number of thiazole rings is 1. The molecule has 0 aliphatic heterocycles. The largest absolute Gasteiger partial charge is 0.497 e. The molecule has 0 spiro atoms. The summed E-state index contributed by atoms with van der Waals surface area (Å²) in [4.78, 5) is 19.4. The Morgan fingerprint density at radius 2 is 2.25 bits per heavy atom. The third-order valence-electron chi connectivity index (χ3n) is 2.81. The van der Waals surface area contributed by atoms with Gasteiger partial charge in [-0.2, -0.15) is 0 Å². The zero-order valence-corrected chi connectivity index (χ0v) is 13.9. The van der Waals surface area contributed by atoms with Crippen LogP contribution < -0.4 is 4.74 Å². The van der Waals surface area contributed by atoms with E-state index >= 15 is 0 Å². The Morgan fingerprint density at radius 3 is 2.85 bits per heavy atom. The Morgan fingerprint density at radius 1 is 1.50 bits per heavy atom. The molecule has 0 N–H and O–H groups in total. The molecule has 1 aromatic carbocycles. The van der Waals surface area contributed by atoms with E-state index in [2.05, 4.69) is 20.9 Å². The summed E-state index contributed by atoms with van der Waals surface area (Å²) in [6.45, 7) is 2.50. The summed E-state index contributed by atoms with van der Waals surface area (Å²) in [5.74, 6) is 0.611. The van der Waals surface area contributed by atoms with Gasteiger partial charge in [0.1, 0.15) is 5.75 Å². The van der Waals surface area contributed by atoms with Crippen LogP contribution in [0.2, 0.25) is 0 Å². The maximum atomic E-state index is 12.5. The van der Waals surface area contributed by atoms with Crippen LogP contribution in [0.25, 0.3) is 0 Å². The number of carbonyl (C=O) groups is 1. The molecule has 0 bridgehead atoms. The summed E-state index contributed by atoms with van der Waals surface area (Å²) >= 11 is 5.00. The minimum Gasteiger partial charge on any atom is -0.497 e. The van der Waals surface area contributed by atoms with Gasteiger partial charge >= 0.3 is 0 Å². The van der Waals surface area contributed by atoms with Crippen LogP contribution in [0.3, 0.4) is 0 Å². The van der Waals surface area contributed by atoms with E-state index in [0.717, 1.165) is 14.4 Å². The van der Waals surface area contributed by atoms with Crippen molar-refractivity contribution in [3.8, 4) is 5.75 Å². The molecule has 4 nitrogen and oxygen atoms in total. The first-order valence-electron chi connectivity index (χ1n) is 6.01. The van der Waals surface area contributed by atoms with Crippen LogP contribution in [0.15, 0.2) is 28.9 Å². The first kappa shape index (κ1) is 15.0. The number of halogens is 1. The average Bonchev–Trinajstić information content (AvgIpc) is 2.84. The van der Waals surface area contributed by atoms with Crippen LogP contribution in [0, 0.1) is 6.92 Å². The maximum Gasteiger partial charge on any atom is 0.255 e. The van der Waals surface area contributed by atoms with E-state index in [1.165, 1.54) is 0 Å². The number of amides is 1. The fourth-order valence-corrected chi connectivity index (χ4v) is 3.05. The second-order valence-electron chi connectivity index (χ2n) is 4.35. The van der Waals surface area contributed by atoms with Gasteiger partial charge in [0.25, 0.3) is 5.91 Å². The first-order valence-corrected chi connectivity index (χ1v) is 7.62. The Balaban J connectivity index is 2.17. The molecular weight excluding hydrogens is 340 g/mol. The monoisotopic (exact) mass is 354 g/mol. The van der Waals surface area contributed by atoms with E-state index < -0.39 is 0 Å². The number of carbonyl (C=O) groups excluding carboxylic acids is 1. The molecule has 0 aliphatic rings. The van der Waals surface area contributed by atoms with Gasteiger partial charge in [-0.1, -0.05) is 0 Å². The number of hydrogen-bond donors (Lipinski definition) is 0. The molecule has 0 aliphatic carbocycles. The van der Waals surface area contributed by atoms with Crippen molar-refractivity contribution < 1.29 is 9.53 Å². The Kier molecular flexibility index (Phi) is 4.77. The van der Waals surface area contributed by atoms with Crippen LogP contribution in [0.1, 0.15) is 20.2 Å². The van der Waals surface area contributed by atoms with Crippen molar-refractivity contribution >= 4 is 33.2 Å². The molecule has 0 unspecified atom stereocenters. The van der Waals surface area contributed by atoms with E-state index in [0.29, 0.717) is 17.9 Å². The van der Waals surface area contributed by atoms with Crippen molar-refractivity contribution in [1.29, 1.82) is 0 Å². The second-order valence-corrected chi connectivity index (χ2v) is 6.53. The summed E-state index contributed by atoms with van der Waals surface area (Å²) in [5.41, 5.74) is 0.591. The summed E-state index contributed by atoms with van der Waals surface area (Å²) in [6, 6.07) is 5.37. The number of aryl methyl sites for hydroxylation is 1. The zero-order valence-electron chi connectivity index (χ0n) is 11.5. The average molecular weight is 355 g/mol. The Labute approximate surface area is 130 Å². The van der Waals surface area contributed by atoms with E-state index in [1.54, 1.807) is 36.5 Å². The minimum atomic E-state index is -0.0539. The number of aromatic nitrogens is 1. The van der Waals surface area contributed by atoms with Crippen LogP contribution in [-0.2, 0) is 6.54 Å². The Bertz CT molecular complexity index is 627. The van der Waals surface area contributed by atoms with Gasteiger partial charge in [-0.25, -0.2) is 4.98 Å². The highest BCUT2D eigenvalue weighted by Crippen LogP contribution is 2.24. The summed E-state index contributed by atoms with van der Waals surface area (Å²) in [7, 11) is 3.37. The number of nitrogens with zero attached hydrogens (tertiary/aromatic N) is 2. The third-order valence-corrected chi connectivity index (χ3v) is 4.40. The molecule has 0 radical (unpaired) electrons. The van der Waals surface area contributed by atoms with Crippen molar-refractivity contribution in [2.24, 2.45) is 0 Å². The number of hydrogen-bond acceptors (Lipinski definition) is 4. The predicted octanol–water partition coefficient (Wildman–Crippen LogP) is 3.49. The number of ether oxygens (including phenoxy) is 1. The van der Waals surface area contributed by atoms with Crippen molar-refractivity contribution in [3.63, 3.8) is 0 Å². The lowest BCUT2D eigenvalue weighted by molar-refractivity contribution is 0.0785. The highest BCUT2D eigenvalue weighted by Gasteiger charge is 2.16. The van der Waals surface area contributed by atoms with Gasteiger partial charge < -0.3 is 9.64 Å². The minimum absolute atomic E-state index is 0.0539. The lowest BCUT2D eigenvalue weighted by Crippen LogP contribution is -2.26. The van der Waals surface area contributed by atoms with E-state index in [4.69, 9.17) is 4.74 Å². The van der Waals surface area contributed by atoms with Gasteiger partial charge in [0.05, 0.1) is 24.2 Å². The fourth-order valence-electron chi connectivity index (χ4n) is 1.78. The number of rotatable bonds is 4. The first-order chi connectivity index (χ1) is 9.51. The molecule has 1 heterocycles. The van der Waals surface area contributed by atoms with Crippen molar-refractivity contribution in [3.05, 3.63) is 44.3 Å². The summed E-state index contributed by atoms with van der Waals surface area (Å²) in [6.07, 6.45) is 1.81. The number of methoxy groups -OCH3 is 1. The lowest BCUT2D eigenvalue weighted by atomic mass is 10.2. The zero-order chi connectivity index (χ0) is 14.7. The molecule has 0 saturated heterocycles. The molecule has 6 heteroatoms. The normalized spacial score (nSPS) is 10.4. The number of benzene rings is 1. The van der Waals surface area contributed by atoms with Crippen LogP contribution in [-0.4, -0.2) is 29.9 Å². The standard InChI is InChI=1S/C14H15BrN2O2S/c1-9-16-7-11(20-9)8-17(2)14(18)12-6-10(19-3)4-5-13(12)15/h4-7H,8H2,1-3H3. The molecule has 2 aromatic rings. The highest BCUT2D eigenvalue weighted by atomic mass is 79.9. The smallest absolute Gasteiger partial charge is 0.255 e. The molecule has 2 rings (SSSR count). The topological polar surface area (TPSA) is 42.4 Å². The molecule has 106 valence electrons. The third kappa shape index (κ3) is 3.37. The summed E-state index contributed by atoms with van der Waals surface area (Å²) in [5, 5.41) is 1.00. The van der Waals surface area contributed by atoms with Gasteiger partial charge in [-0.15, -0.1) is 11.3 Å². The van der Waals surface area contributed by atoms with Crippen LogP contribution >= 0.6 is 27.3 Å². The van der Waals surface area contributed by atoms with E-state index in [1.807, 2.05) is 25.3 Å². The molecule has 0 fully saturated rings. The molecule has 1 amide bonds. The van der Waals surface area contributed by atoms with Crippen molar-refractivity contribution in [2.45, 2.75) is 13.5 Å². The van der Waals surface area contributed by atoms with Gasteiger partial charge in [0, 0.05) is 22.6 Å². The predicted molar refractivity (Wildman–Crippen MR) is 83.3 cm³/mol. The highest BCUT2D eigenvalue weighted by molar-refractivity contribution is 9.10. The fraction of sp³-hybridized carbons (Fsp3) is 0.286. The van der Waals surface area contributed by atoms with E-state index in [9.17, 15) is 4.79 Å².